The summed E-state index contributed by atoms with van der Waals surface area (Å²) in [5.74, 6) is 1.19. The zero-order valence-electron chi connectivity index (χ0n) is 7.55. The summed E-state index contributed by atoms with van der Waals surface area (Å²) >= 11 is 5.62. The number of aromatic nitrogens is 1. The second-order valence-electron chi connectivity index (χ2n) is 3.39. The molecule has 0 atom stereocenters. The molecule has 0 N–H and O–H groups in total. The first-order valence-electron chi connectivity index (χ1n) is 4.22. The van der Waals surface area contributed by atoms with Gasteiger partial charge in [-0.25, -0.2) is 0 Å². The lowest BCUT2D eigenvalue weighted by Crippen LogP contribution is -1.95. The minimum Gasteiger partial charge on any atom is -0.260 e. The van der Waals surface area contributed by atoms with Gasteiger partial charge in [-0.3, -0.25) is 4.98 Å². The fraction of sp³-hybridized carbons (Fsp3) is 0.500. The van der Waals surface area contributed by atoms with E-state index >= 15 is 0 Å². The summed E-state index contributed by atoms with van der Waals surface area (Å²) < 4.78 is 0. The van der Waals surface area contributed by atoms with Crippen molar-refractivity contribution in [3.63, 3.8) is 0 Å². The van der Waals surface area contributed by atoms with Gasteiger partial charge in [-0.15, -0.1) is 11.6 Å². The topological polar surface area (TPSA) is 12.9 Å². The van der Waals surface area contributed by atoms with Crippen molar-refractivity contribution in [2.24, 2.45) is 5.92 Å². The average Bonchev–Trinajstić information content (AvgIpc) is 2.05. The first-order chi connectivity index (χ1) is 5.72. The van der Waals surface area contributed by atoms with Gasteiger partial charge in [0.2, 0.25) is 0 Å². The van der Waals surface area contributed by atoms with Gasteiger partial charge in [-0.1, -0.05) is 19.9 Å². The van der Waals surface area contributed by atoms with E-state index in [4.69, 9.17) is 11.6 Å². The molecule has 0 aliphatic rings. The molecule has 1 heterocycles. The van der Waals surface area contributed by atoms with Crippen LogP contribution in [0, 0.1) is 5.92 Å². The number of halogens is 1. The summed E-state index contributed by atoms with van der Waals surface area (Å²) in [4.78, 5) is 4.22. The van der Waals surface area contributed by atoms with Crippen molar-refractivity contribution in [2.45, 2.75) is 26.1 Å². The number of nitrogens with zero attached hydrogens (tertiary/aromatic N) is 1. The molecule has 0 aliphatic carbocycles. The Morgan fingerprint density at radius 1 is 1.42 bits per heavy atom. The Bertz CT molecular complexity index is 228. The van der Waals surface area contributed by atoms with Crippen LogP contribution in [0.5, 0.6) is 0 Å². The molecule has 0 fully saturated rings. The van der Waals surface area contributed by atoms with Crippen LogP contribution in [0.25, 0.3) is 0 Å². The zero-order valence-corrected chi connectivity index (χ0v) is 8.30. The Morgan fingerprint density at radius 3 is 2.58 bits per heavy atom. The van der Waals surface area contributed by atoms with Crippen molar-refractivity contribution < 1.29 is 0 Å². The molecule has 0 aromatic carbocycles. The molecule has 66 valence electrons. The van der Waals surface area contributed by atoms with Crippen LogP contribution in [0.4, 0.5) is 0 Å². The molecule has 0 saturated carbocycles. The van der Waals surface area contributed by atoms with Crippen LogP contribution in [-0.2, 0) is 12.3 Å². The highest BCUT2D eigenvalue weighted by Gasteiger charge is 1.97. The fourth-order valence-electron chi connectivity index (χ4n) is 1.13. The maximum atomic E-state index is 5.62. The predicted octanol–water partition coefficient (Wildman–Crippen LogP) is 3.02. The molecule has 0 bridgehead atoms. The summed E-state index contributed by atoms with van der Waals surface area (Å²) in [6.07, 6.45) is 3.01. The third kappa shape index (κ3) is 2.82. The quantitative estimate of drug-likeness (QED) is 0.657. The van der Waals surface area contributed by atoms with Gasteiger partial charge in [0.15, 0.2) is 0 Å². The van der Waals surface area contributed by atoms with Gasteiger partial charge in [0, 0.05) is 6.20 Å². The van der Waals surface area contributed by atoms with E-state index < -0.39 is 0 Å². The van der Waals surface area contributed by atoms with Crippen molar-refractivity contribution in [3.05, 3.63) is 29.6 Å². The van der Waals surface area contributed by atoms with Crippen LogP contribution in [0.1, 0.15) is 25.1 Å². The molecule has 0 radical (unpaired) electrons. The van der Waals surface area contributed by atoms with E-state index in [1.807, 2.05) is 12.3 Å². The smallest absolute Gasteiger partial charge is 0.0647 e. The molecule has 2 heteroatoms. The average molecular weight is 184 g/mol. The van der Waals surface area contributed by atoms with Crippen LogP contribution in [0.3, 0.4) is 0 Å². The van der Waals surface area contributed by atoms with Gasteiger partial charge in [-0.2, -0.15) is 0 Å². The molecule has 0 spiro atoms. The second-order valence-corrected chi connectivity index (χ2v) is 3.66. The summed E-state index contributed by atoms with van der Waals surface area (Å²) in [5, 5.41) is 0. The van der Waals surface area contributed by atoms with E-state index in [1.54, 1.807) is 0 Å². The highest BCUT2D eigenvalue weighted by Crippen LogP contribution is 2.08. The van der Waals surface area contributed by atoms with Gasteiger partial charge in [0.25, 0.3) is 0 Å². The van der Waals surface area contributed by atoms with Crippen LogP contribution in [0.15, 0.2) is 18.3 Å². The lowest BCUT2D eigenvalue weighted by molar-refractivity contribution is 0.645. The monoisotopic (exact) mass is 183 g/mol. The fourth-order valence-corrected chi connectivity index (χ4v) is 1.28. The van der Waals surface area contributed by atoms with Crippen molar-refractivity contribution in [1.82, 2.24) is 4.98 Å². The lowest BCUT2D eigenvalue weighted by Gasteiger charge is -2.04. The van der Waals surface area contributed by atoms with E-state index in [9.17, 15) is 0 Å². The van der Waals surface area contributed by atoms with Crippen LogP contribution >= 0.6 is 11.6 Å². The molecule has 12 heavy (non-hydrogen) atoms. The van der Waals surface area contributed by atoms with Crippen molar-refractivity contribution in [3.8, 4) is 0 Å². The van der Waals surface area contributed by atoms with E-state index in [2.05, 4.69) is 24.9 Å². The molecule has 1 aromatic rings. The minimum absolute atomic E-state index is 0.502. The Kier molecular flexibility index (Phi) is 3.54. The molecule has 1 aromatic heterocycles. The molecule has 0 saturated heterocycles. The third-order valence-corrected chi connectivity index (χ3v) is 1.94. The number of pyridine rings is 1. The molecule has 1 rings (SSSR count). The van der Waals surface area contributed by atoms with Crippen molar-refractivity contribution in [1.29, 1.82) is 0 Å². The first kappa shape index (κ1) is 9.53. The maximum Gasteiger partial charge on any atom is 0.0647 e. The standard InChI is InChI=1S/C10H14ClN/c1-8(2)5-9-3-4-10(6-11)12-7-9/h3-4,7-8H,5-6H2,1-2H3. The minimum atomic E-state index is 0.502. The Balaban J connectivity index is 2.65. The van der Waals surface area contributed by atoms with Crippen LogP contribution < -0.4 is 0 Å². The highest BCUT2D eigenvalue weighted by atomic mass is 35.5. The van der Waals surface area contributed by atoms with Gasteiger partial charge in [0.1, 0.15) is 0 Å². The Hall–Kier alpha value is -0.560. The summed E-state index contributed by atoms with van der Waals surface area (Å²) in [7, 11) is 0. The number of hydrogen-bond acceptors (Lipinski definition) is 1. The SMILES string of the molecule is CC(C)Cc1ccc(CCl)nc1. The third-order valence-electron chi connectivity index (χ3n) is 1.67. The summed E-state index contributed by atoms with van der Waals surface area (Å²) in [6, 6.07) is 4.09. The van der Waals surface area contributed by atoms with Crippen molar-refractivity contribution in [2.75, 3.05) is 0 Å². The van der Waals surface area contributed by atoms with Crippen LogP contribution in [0.2, 0.25) is 0 Å². The number of rotatable bonds is 3. The number of alkyl halides is 1. The number of hydrogen-bond donors (Lipinski definition) is 0. The lowest BCUT2D eigenvalue weighted by atomic mass is 10.0. The molecule has 0 unspecified atom stereocenters. The zero-order chi connectivity index (χ0) is 8.97. The van der Waals surface area contributed by atoms with Gasteiger partial charge < -0.3 is 0 Å². The Morgan fingerprint density at radius 2 is 2.17 bits per heavy atom. The van der Waals surface area contributed by atoms with Gasteiger partial charge in [-0.05, 0) is 24.0 Å². The predicted molar refractivity (Wildman–Crippen MR) is 52.3 cm³/mol. The second kappa shape index (κ2) is 4.46. The highest BCUT2D eigenvalue weighted by molar-refractivity contribution is 6.16. The van der Waals surface area contributed by atoms with Gasteiger partial charge >= 0.3 is 0 Å². The molecule has 0 aliphatic heterocycles. The Labute approximate surface area is 78.8 Å². The van der Waals surface area contributed by atoms with Crippen LogP contribution in [-0.4, -0.2) is 4.98 Å². The van der Waals surface area contributed by atoms with E-state index in [0.717, 1.165) is 12.1 Å². The molecular formula is C10H14ClN. The summed E-state index contributed by atoms with van der Waals surface area (Å²) in [6.45, 7) is 4.41. The molecular weight excluding hydrogens is 170 g/mol. The van der Waals surface area contributed by atoms with Crippen molar-refractivity contribution >= 4 is 11.6 Å². The molecule has 0 amide bonds. The molecule has 1 nitrogen and oxygen atoms in total. The summed E-state index contributed by atoms with van der Waals surface area (Å²) in [5.41, 5.74) is 2.24. The largest absolute Gasteiger partial charge is 0.260 e. The van der Waals surface area contributed by atoms with E-state index in [1.165, 1.54) is 5.56 Å². The first-order valence-corrected chi connectivity index (χ1v) is 4.75. The normalized spacial score (nSPS) is 10.7. The maximum absolute atomic E-state index is 5.62. The van der Waals surface area contributed by atoms with E-state index in [-0.39, 0.29) is 0 Å². The van der Waals surface area contributed by atoms with Gasteiger partial charge in [0.05, 0.1) is 11.6 Å². The van der Waals surface area contributed by atoms with E-state index in [0.29, 0.717) is 11.8 Å².